The van der Waals surface area contributed by atoms with Gasteiger partial charge >= 0.3 is 0 Å². The number of carbonyl (C=O) groups excluding carboxylic acids is 1. The Morgan fingerprint density at radius 2 is 2.14 bits per heavy atom. The smallest absolute Gasteiger partial charge is 0.286 e. The van der Waals surface area contributed by atoms with E-state index >= 15 is 0 Å². The van der Waals surface area contributed by atoms with E-state index in [1.807, 2.05) is 31.2 Å². The van der Waals surface area contributed by atoms with Crippen LogP contribution in [-0.2, 0) is 0 Å². The van der Waals surface area contributed by atoms with Crippen molar-refractivity contribution < 1.29 is 4.79 Å². The Labute approximate surface area is 127 Å². The lowest BCUT2D eigenvalue weighted by Crippen LogP contribution is -2.28. The normalized spacial score (nSPS) is 18.4. The number of aromatic nitrogens is 2. The number of piperidine rings is 1. The molecule has 1 aromatic heterocycles. The van der Waals surface area contributed by atoms with Crippen LogP contribution < -0.4 is 10.6 Å². The second kappa shape index (κ2) is 6.32. The monoisotopic (exact) mass is 302 g/mol. The van der Waals surface area contributed by atoms with Gasteiger partial charge in [-0.15, -0.1) is 10.2 Å². The van der Waals surface area contributed by atoms with Crippen LogP contribution in [0.15, 0.2) is 24.3 Å². The SMILES string of the molecule is Cc1ccc(NC(=O)c2nnc([C@@H]3CCCNC3)s2)cc1. The van der Waals surface area contributed by atoms with Gasteiger partial charge in [0.05, 0.1) is 0 Å². The quantitative estimate of drug-likeness (QED) is 0.914. The van der Waals surface area contributed by atoms with Crippen molar-refractivity contribution >= 4 is 22.9 Å². The van der Waals surface area contributed by atoms with Gasteiger partial charge in [0.15, 0.2) is 0 Å². The highest BCUT2D eigenvalue weighted by Crippen LogP contribution is 2.26. The average Bonchev–Trinajstić information content (AvgIpc) is 3.00. The van der Waals surface area contributed by atoms with Crippen molar-refractivity contribution in [1.82, 2.24) is 15.5 Å². The maximum Gasteiger partial charge on any atom is 0.286 e. The van der Waals surface area contributed by atoms with Crippen LogP contribution >= 0.6 is 11.3 Å². The van der Waals surface area contributed by atoms with Crippen LogP contribution in [0.5, 0.6) is 0 Å². The zero-order chi connectivity index (χ0) is 14.7. The first kappa shape index (κ1) is 14.2. The minimum Gasteiger partial charge on any atom is -0.320 e. The van der Waals surface area contributed by atoms with Crippen LogP contribution in [0.4, 0.5) is 5.69 Å². The van der Waals surface area contributed by atoms with Gasteiger partial charge in [-0.1, -0.05) is 29.0 Å². The van der Waals surface area contributed by atoms with Crippen molar-refractivity contribution in [3.63, 3.8) is 0 Å². The van der Waals surface area contributed by atoms with E-state index in [1.165, 1.54) is 11.3 Å². The molecule has 1 aliphatic heterocycles. The molecule has 0 bridgehead atoms. The number of carbonyl (C=O) groups is 1. The fraction of sp³-hybridized carbons (Fsp3) is 0.400. The van der Waals surface area contributed by atoms with Gasteiger partial charge in [0.1, 0.15) is 5.01 Å². The summed E-state index contributed by atoms with van der Waals surface area (Å²) in [5.74, 6) is 0.198. The molecule has 6 heteroatoms. The molecular formula is C15H18N4OS. The summed E-state index contributed by atoms with van der Waals surface area (Å²) < 4.78 is 0. The lowest BCUT2D eigenvalue weighted by atomic mass is 10.0. The molecule has 0 radical (unpaired) electrons. The maximum atomic E-state index is 12.2. The molecule has 0 saturated carbocycles. The lowest BCUT2D eigenvalue weighted by molar-refractivity contribution is 0.102. The summed E-state index contributed by atoms with van der Waals surface area (Å²) in [6, 6.07) is 7.71. The van der Waals surface area contributed by atoms with Crippen LogP contribution in [0, 0.1) is 6.92 Å². The number of rotatable bonds is 3. The second-order valence-corrected chi connectivity index (χ2v) is 6.32. The Morgan fingerprint density at radius 1 is 1.33 bits per heavy atom. The first-order valence-corrected chi connectivity index (χ1v) is 7.96. The Balaban J connectivity index is 1.67. The number of nitrogens with one attached hydrogen (secondary N) is 2. The van der Waals surface area contributed by atoms with Crippen LogP contribution in [-0.4, -0.2) is 29.2 Å². The number of hydrogen-bond acceptors (Lipinski definition) is 5. The lowest BCUT2D eigenvalue weighted by Gasteiger charge is -2.19. The van der Waals surface area contributed by atoms with Gasteiger partial charge in [0.25, 0.3) is 5.91 Å². The molecule has 2 aromatic rings. The molecule has 21 heavy (non-hydrogen) atoms. The van der Waals surface area contributed by atoms with Crippen LogP contribution in [0.1, 0.15) is 39.1 Å². The zero-order valence-electron chi connectivity index (χ0n) is 11.9. The Hall–Kier alpha value is -1.79. The first-order valence-electron chi connectivity index (χ1n) is 7.14. The number of nitrogens with zero attached hydrogens (tertiary/aromatic N) is 2. The van der Waals surface area contributed by atoms with E-state index in [9.17, 15) is 4.79 Å². The highest BCUT2D eigenvalue weighted by Gasteiger charge is 2.21. The molecule has 1 atom stereocenters. The van der Waals surface area contributed by atoms with E-state index < -0.39 is 0 Å². The average molecular weight is 302 g/mol. The number of aryl methyl sites for hydroxylation is 1. The minimum absolute atomic E-state index is 0.189. The maximum absolute atomic E-state index is 12.2. The molecule has 1 amide bonds. The molecule has 1 aliphatic rings. The zero-order valence-corrected chi connectivity index (χ0v) is 12.7. The largest absolute Gasteiger partial charge is 0.320 e. The molecule has 0 unspecified atom stereocenters. The van der Waals surface area contributed by atoms with E-state index in [4.69, 9.17) is 0 Å². The number of hydrogen-bond donors (Lipinski definition) is 2. The third kappa shape index (κ3) is 3.46. The molecule has 2 N–H and O–H groups in total. The third-order valence-electron chi connectivity index (χ3n) is 3.59. The molecule has 5 nitrogen and oxygen atoms in total. The van der Waals surface area contributed by atoms with E-state index in [1.54, 1.807) is 0 Å². The molecule has 1 fully saturated rings. The summed E-state index contributed by atoms with van der Waals surface area (Å²) in [6.07, 6.45) is 2.26. The highest BCUT2D eigenvalue weighted by molar-refractivity contribution is 7.13. The summed E-state index contributed by atoms with van der Waals surface area (Å²) in [5.41, 5.74) is 1.94. The fourth-order valence-corrected chi connectivity index (χ4v) is 3.25. The van der Waals surface area contributed by atoms with Gasteiger partial charge in [0, 0.05) is 18.2 Å². The molecule has 0 aliphatic carbocycles. The predicted octanol–water partition coefficient (Wildman–Crippen LogP) is 2.57. The summed E-state index contributed by atoms with van der Waals surface area (Å²) in [6.45, 7) is 4.01. The number of amides is 1. The number of anilines is 1. The molecular weight excluding hydrogens is 284 g/mol. The molecule has 1 aromatic carbocycles. The molecule has 2 heterocycles. The van der Waals surface area contributed by atoms with Crippen LogP contribution in [0.3, 0.4) is 0 Å². The molecule has 110 valence electrons. The van der Waals surface area contributed by atoms with Gasteiger partial charge in [0.2, 0.25) is 5.01 Å². The van der Waals surface area contributed by atoms with Gasteiger partial charge in [-0.05, 0) is 38.4 Å². The molecule has 0 spiro atoms. The minimum atomic E-state index is -0.189. The first-order chi connectivity index (χ1) is 10.2. The third-order valence-corrected chi connectivity index (χ3v) is 4.67. The van der Waals surface area contributed by atoms with Gasteiger partial charge in [-0.3, -0.25) is 4.79 Å². The van der Waals surface area contributed by atoms with Crippen molar-refractivity contribution in [2.75, 3.05) is 18.4 Å². The van der Waals surface area contributed by atoms with Crippen molar-refractivity contribution in [3.05, 3.63) is 39.8 Å². The van der Waals surface area contributed by atoms with Gasteiger partial charge in [-0.2, -0.15) is 0 Å². The van der Waals surface area contributed by atoms with E-state index in [0.29, 0.717) is 10.9 Å². The Kier molecular flexibility index (Phi) is 4.26. The fourth-order valence-electron chi connectivity index (χ4n) is 2.38. The number of benzene rings is 1. The summed E-state index contributed by atoms with van der Waals surface area (Å²) >= 11 is 1.40. The molecule has 1 saturated heterocycles. The van der Waals surface area contributed by atoms with Gasteiger partial charge in [-0.25, -0.2) is 0 Å². The standard InChI is InChI=1S/C15H18N4OS/c1-10-4-6-12(7-5-10)17-13(20)15-19-18-14(21-15)11-3-2-8-16-9-11/h4-7,11,16H,2-3,8-9H2,1H3,(H,17,20)/t11-/m1/s1. The van der Waals surface area contributed by atoms with Crippen LogP contribution in [0.2, 0.25) is 0 Å². The van der Waals surface area contributed by atoms with E-state index in [2.05, 4.69) is 20.8 Å². The van der Waals surface area contributed by atoms with Gasteiger partial charge < -0.3 is 10.6 Å². The summed E-state index contributed by atoms with van der Waals surface area (Å²) in [4.78, 5) is 12.2. The van der Waals surface area contributed by atoms with Crippen molar-refractivity contribution in [2.45, 2.75) is 25.7 Å². The summed E-state index contributed by atoms with van der Waals surface area (Å²) in [5, 5.41) is 15.8. The Morgan fingerprint density at radius 3 is 2.86 bits per heavy atom. The predicted molar refractivity (Wildman–Crippen MR) is 83.9 cm³/mol. The summed E-state index contributed by atoms with van der Waals surface area (Å²) in [7, 11) is 0. The van der Waals surface area contributed by atoms with Crippen molar-refractivity contribution in [3.8, 4) is 0 Å². The van der Waals surface area contributed by atoms with E-state index in [0.717, 1.165) is 42.2 Å². The van der Waals surface area contributed by atoms with Crippen molar-refractivity contribution in [2.24, 2.45) is 0 Å². The highest BCUT2D eigenvalue weighted by atomic mass is 32.1. The molecule has 3 rings (SSSR count). The van der Waals surface area contributed by atoms with Crippen molar-refractivity contribution in [1.29, 1.82) is 0 Å². The second-order valence-electron chi connectivity index (χ2n) is 5.31. The van der Waals surface area contributed by atoms with Crippen LogP contribution in [0.25, 0.3) is 0 Å². The Bertz CT molecular complexity index is 617. The topological polar surface area (TPSA) is 66.9 Å². The van der Waals surface area contributed by atoms with E-state index in [-0.39, 0.29) is 5.91 Å².